The fourth-order valence-electron chi connectivity index (χ4n) is 5.87. The lowest BCUT2D eigenvalue weighted by molar-refractivity contribution is -0.143. The van der Waals surface area contributed by atoms with Gasteiger partial charge in [0, 0.05) is 11.8 Å². The van der Waals surface area contributed by atoms with E-state index in [1.54, 1.807) is 19.2 Å². The number of aromatic hydroxyl groups is 1. The van der Waals surface area contributed by atoms with Crippen molar-refractivity contribution < 1.29 is 14.6 Å². The topological polar surface area (TPSA) is 46.5 Å². The average molecular weight is 314 g/mol. The summed E-state index contributed by atoms with van der Waals surface area (Å²) in [7, 11) is 1.55. The van der Waals surface area contributed by atoms with Crippen molar-refractivity contribution in [3.63, 3.8) is 0 Å². The van der Waals surface area contributed by atoms with Crippen LogP contribution < -0.4 is 4.74 Å². The van der Waals surface area contributed by atoms with Crippen LogP contribution >= 0.6 is 0 Å². The number of phenols is 1. The quantitative estimate of drug-likeness (QED) is 0.889. The lowest BCUT2D eigenvalue weighted by Crippen LogP contribution is -2.50. The number of phenolic OH excluding ortho intramolecular Hbond substituents is 1. The molecule has 0 aliphatic heterocycles. The fourth-order valence-corrected chi connectivity index (χ4v) is 5.87. The number of carbonyl (C=O) groups is 1. The molecule has 0 unspecified atom stereocenters. The van der Waals surface area contributed by atoms with Crippen LogP contribution in [0.3, 0.4) is 0 Å². The minimum Gasteiger partial charge on any atom is -0.504 e. The number of hydrogen-bond acceptors (Lipinski definition) is 3. The Bertz CT molecular complexity index is 584. The van der Waals surface area contributed by atoms with Gasteiger partial charge in [0.2, 0.25) is 0 Å². The van der Waals surface area contributed by atoms with E-state index in [0.717, 1.165) is 49.0 Å². The normalized spacial score (nSPS) is 34.6. The Labute approximate surface area is 138 Å². The number of carbonyl (C=O) groups excluding carboxylic acids is 1. The number of rotatable bonds is 5. The highest BCUT2D eigenvalue weighted by Gasteiger charge is 2.53. The van der Waals surface area contributed by atoms with E-state index in [0.29, 0.717) is 18.0 Å². The molecule has 0 saturated heterocycles. The van der Waals surface area contributed by atoms with E-state index in [9.17, 15) is 9.90 Å². The van der Waals surface area contributed by atoms with E-state index in [1.165, 1.54) is 19.3 Å². The Hall–Kier alpha value is -1.51. The first-order valence-electron chi connectivity index (χ1n) is 8.97. The largest absolute Gasteiger partial charge is 0.504 e. The van der Waals surface area contributed by atoms with Crippen LogP contribution in [0.4, 0.5) is 0 Å². The standard InChI is InChI=1S/C20H26O3/c1-23-18-4-2-13(9-17(18)21)3-5-19(22)20-10-14-6-15(11-20)8-16(7-14)12-20/h2,4,9,14-16,21H,3,5-8,10-12H2,1H3. The van der Waals surface area contributed by atoms with Crippen LogP contribution in [0.2, 0.25) is 0 Å². The molecule has 4 aliphatic carbocycles. The van der Waals surface area contributed by atoms with Crippen molar-refractivity contribution in [2.24, 2.45) is 23.2 Å². The minimum absolute atomic E-state index is 0.00324. The maximum atomic E-state index is 13.0. The average Bonchev–Trinajstić information content (AvgIpc) is 2.51. The molecule has 3 heteroatoms. The van der Waals surface area contributed by atoms with E-state index < -0.39 is 0 Å². The summed E-state index contributed by atoms with van der Waals surface area (Å²) in [4.78, 5) is 13.0. The van der Waals surface area contributed by atoms with Crippen LogP contribution in [0, 0.1) is 23.2 Å². The van der Waals surface area contributed by atoms with Gasteiger partial charge >= 0.3 is 0 Å². The first-order chi connectivity index (χ1) is 11.1. The van der Waals surface area contributed by atoms with E-state index >= 15 is 0 Å². The lowest BCUT2D eigenvalue weighted by Gasteiger charge is -2.56. The van der Waals surface area contributed by atoms with Crippen molar-refractivity contribution in [3.8, 4) is 11.5 Å². The zero-order chi connectivity index (χ0) is 16.0. The molecule has 5 rings (SSSR count). The highest BCUT2D eigenvalue weighted by atomic mass is 16.5. The molecule has 1 N–H and O–H groups in total. The summed E-state index contributed by atoms with van der Waals surface area (Å²) in [6.45, 7) is 0. The molecule has 1 aromatic carbocycles. The van der Waals surface area contributed by atoms with Crippen LogP contribution in [-0.4, -0.2) is 18.0 Å². The maximum Gasteiger partial charge on any atom is 0.160 e. The first-order valence-corrected chi connectivity index (χ1v) is 8.97. The third-order valence-corrected chi connectivity index (χ3v) is 6.51. The molecule has 4 aliphatic rings. The molecular weight excluding hydrogens is 288 g/mol. The number of ether oxygens (including phenoxy) is 1. The van der Waals surface area contributed by atoms with Crippen molar-refractivity contribution in [2.45, 2.75) is 51.4 Å². The van der Waals surface area contributed by atoms with Gasteiger partial charge in [0.25, 0.3) is 0 Å². The van der Waals surface area contributed by atoms with Crippen molar-refractivity contribution in [1.82, 2.24) is 0 Å². The zero-order valence-electron chi connectivity index (χ0n) is 13.9. The highest BCUT2D eigenvalue weighted by molar-refractivity contribution is 5.85. The van der Waals surface area contributed by atoms with Gasteiger partial charge in [0.05, 0.1) is 7.11 Å². The minimum atomic E-state index is 0.00324. The lowest BCUT2D eigenvalue weighted by atomic mass is 9.48. The predicted molar refractivity (Wildman–Crippen MR) is 88.6 cm³/mol. The summed E-state index contributed by atoms with van der Waals surface area (Å²) in [6, 6.07) is 5.46. The summed E-state index contributed by atoms with van der Waals surface area (Å²) in [5.41, 5.74) is 1.02. The Balaban J connectivity index is 1.43. The molecule has 23 heavy (non-hydrogen) atoms. The van der Waals surface area contributed by atoms with Gasteiger partial charge in [0.1, 0.15) is 5.78 Å². The molecule has 4 fully saturated rings. The van der Waals surface area contributed by atoms with Crippen LogP contribution in [0.25, 0.3) is 0 Å². The third kappa shape index (κ3) is 2.64. The SMILES string of the molecule is COc1ccc(CCC(=O)C23CC4CC(CC(C4)C2)C3)cc1O. The molecule has 1 aromatic rings. The Morgan fingerprint density at radius 2 is 1.78 bits per heavy atom. The first kappa shape index (κ1) is 15.0. The molecule has 0 heterocycles. The number of Topliss-reactive ketones (excluding diaryl/α,β-unsaturated/α-hetero) is 1. The van der Waals surface area contributed by atoms with Crippen LogP contribution in [0.15, 0.2) is 18.2 Å². The molecule has 4 bridgehead atoms. The Morgan fingerprint density at radius 1 is 1.17 bits per heavy atom. The summed E-state index contributed by atoms with van der Waals surface area (Å²) >= 11 is 0. The van der Waals surface area contributed by atoms with Gasteiger partial charge in [-0.25, -0.2) is 0 Å². The van der Waals surface area contributed by atoms with Crippen molar-refractivity contribution >= 4 is 5.78 Å². The fraction of sp³-hybridized carbons (Fsp3) is 0.650. The smallest absolute Gasteiger partial charge is 0.160 e. The molecule has 0 aromatic heterocycles. The van der Waals surface area contributed by atoms with Crippen molar-refractivity contribution in [3.05, 3.63) is 23.8 Å². The van der Waals surface area contributed by atoms with Gasteiger partial charge in [-0.1, -0.05) is 6.07 Å². The molecular formula is C20H26O3. The number of ketones is 1. The van der Waals surface area contributed by atoms with Gasteiger partial charge in [-0.15, -0.1) is 0 Å². The van der Waals surface area contributed by atoms with Crippen LogP contribution in [-0.2, 0) is 11.2 Å². The number of benzene rings is 1. The molecule has 0 radical (unpaired) electrons. The Morgan fingerprint density at radius 3 is 2.30 bits per heavy atom. The third-order valence-electron chi connectivity index (χ3n) is 6.51. The molecule has 0 spiro atoms. The predicted octanol–water partition coefficient (Wildman–Crippen LogP) is 4.12. The van der Waals surface area contributed by atoms with Crippen molar-refractivity contribution in [2.75, 3.05) is 7.11 Å². The molecule has 124 valence electrons. The highest BCUT2D eigenvalue weighted by Crippen LogP contribution is 2.60. The number of hydrogen-bond donors (Lipinski definition) is 1. The van der Waals surface area contributed by atoms with Gasteiger partial charge < -0.3 is 9.84 Å². The van der Waals surface area contributed by atoms with Crippen LogP contribution in [0.5, 0.6) is 11.5 Å². The monoisotopic (exact) mass is 314 g/mol. The van der Waals surface area contributed by atoms with Gasteiger partial charge in [-0.05, 0) is 80.4 Å². The van der Waals surface area contributed by atoms with E-state index in [-0.39, 0.29) is 11.2 Å². The van der Waals surface area contributed by atoms with E-state index in [2.05, 4.69) is 0 Å². The van der Waals surface area contributed by atoms with Crippen LogP contribution in [0.1, 0.15) is 50.5 Å². The number of methoxy groups -OCH3 is 1. The van der Waals surface area contributed by atoms with E-state index in [4.69, 9.17) is 4.74 Å². The maximum absolute atomic E-state index is 13.0. The molecule has 0 amide bonds. The second kappa shape index (κ2) is 5.54. The van der Waals surface area contributed by atoms with Gasteiger partial charge in [-0.2, -0.15) is 0 Å². The summed E-state index contributed by atoms with van der Waals surface area (Å²) in [5.74, 6) is 3.57. The van der Waals surface area contributed by atoms with Crippen molar-refractivity contribution in [1.29, 1.82) is 0 Å². The van der Waals surface area contributed by atoms with E-state index in [1.807, 2.05) is 6.07 Å². The summed E-state index contributed by atoms with van der Waals surface area (Å²) < 4.78 is 5.07. The summed E-state index contributed by atoms with van der Waals surface area (Å²) in [6.07, 6.45) is 8.88. The summed E-state index contributed by atoms with van der Waals surface area (Å²) in [5, 5.41) is 9.88. The molecule has 4 saturated carbocycles. The van der Waals surface area contributed by atoms with Gasteiger partial charge in [-0.3, -0.25) is 4.79 Å². The molecule has 3 nitrogen and oxygen atoms in total. The second-order valence-corrected chi connectivity index (χ2v) is 8.13. The zero-order valence-corrected chi connectivity index (χ0v) is 13.9. The Kier molecular flexibility index (Phi) is 3.62. The molecule has 0 atom stereocenters. The van der Waals surface area contributed by atoms with Gasteiger partial charge in [0.15, 0.2) is 11.5 Å². The second-order valence-electron chi connectivity index (χ2n) is 8.13. The number of aryl methyl sites for hydroxylation is 1.